The number of nitrogens with zero attached hydrogens (tertiary/aromatic N) is 2. The van der Waals surface area contributed by atoms with Gasteiger partial charge in [0.2, 0.25) is 0 Å². The molecule has 92 heavy (non-hydrogen) atoms. The Balaban J connectivity index is 0.632. The van der Waals surface area contributed by atoms with Crippen LogP contribution in [0.1, 0.15) is 170 Å². The van der Waals surface area contributed by atoms with Gasteiger partial charge in [0, 0.05) is 41.1 Å². The molecule has 11 atom stereocenters. The van der Waals surface area contributed by atoms with Crippen LogP contribution < -0.4 is 4.90 Å². The van der Waals surface area contributed by atoms with Crippen LogP contribution in [0, 0.1) is 47.3 Å². The molecule has 7 aliphatic rings. The predicted octanol–water partition coefficient (Wildman–Crippen LogP) is 23.7. The number of fused-ring (bicyclic) bond motifs is 4. The van der Waals surface area contributed by atoms with Crippen LogP contribution in [-0.2, 0) is 10.8 Å². The van der Waals surface area contributed by atoms with Gasteiger partial charge in [-0.3, -0.25) is 4.90 Å². The van der Waals surface area contributed by atoms with Gasteiger partial charge in [0.15, 0.2) is 0 Å². The molecule has 8 aromatic rings. The molecular formula is C90H98N2. The third kappa shape index (κ3) is 12.2. The highest BCUT2D eigenvalue weighted by Crippen LogP contribution is 2.59. The zero-order chi connectivity index (χ0) is 62.5. The molecule has 6 aliphatic carbocycles. The second kappa shape index (κ2) is 25.8. The second-order valence-electron chi connectivity index (χ2n) is 31.2. The lowest BCUT2D eigenvalue weighted by Crippen LogP contribution is -2.48. The van der Waals surface area contributed by atoms with Crippen molar-refractivity contribution in [2.75, 3.05) is 4.90 Å². The molecule has 0 bridgehead atoms. The summed E-state index contributed by atoms with van der Waals surface area (Å²) in [5, 5.41) is 0. The van der Waals surface area contributed by atoms with Crippen LogP contribution in [0.25, 0.3) is 33.4 Å². The fourth-order valence-corrected chi connectivity index (χ4v) is 19.5. The quantitative estimate of drug-likeness (QED) is 0.114. The molecule has 11 unspecified atom stereocenters. The third-order valence-corrected chi connectivity index (χ3v) is 24.1. The number of hydrogen-bond acceptors (Lipinski definition) is 2. The highest BCUT2D eigenvalue weighted by atomic mass is 15.3. The Bertz CT molecular complexity index is 3850. The first-order chi connectivity index (χ1) is 44.9. The molecule has 0 N–H and O–H groups in total. The minimum absolute atomic E-state index is 0.0971. The van der Waals surface area contributed by atoms with Crippen LogP contribution >= 0.6 is 0 Å². The summed E-state index contributed by atoms with van der Waals surface area (Å²) >= 11 is 0. The number of hydrogen-bond donors (Lipinski definition) is 0. The lowest BCUT2D eigenvalue weighted by molar-refractivity contribution is 0.0180. The van der Waals surface area contributed by atoms with Gasteiger partial charge in [-0.1, -0.05) is 260 Å². The maximum Gasteiger partial charge on any atom is 0.0462 e. The van der Waals surface area contributed by atoms with E-state index in [9.17, 15) is 0 Å². The van der Waals surface area contributed by atoms with E-state index in [4.69, 9.17) is 0 Å². The molecule has 0 spiro atoms. The van der Waals surface area contributed by atoms with Crippen molar-refractivity contribution in [1.29, 1.82) is 0 Å². The Labute approximate surface area is 552 Å². The summed E-state index contributed by atoms with van der Waals surface area (Å²) in [5.41, 5.74) is 20.2. The molecule has 4 saturated carbocycles. The van der Waals surface area contributed by atoms with Gasteiger partial charge in [-0.25, -0.2) is 0 Å². The molecule has 0 aromatic heterocycles. The van der Waals surface area contributed by atoms with Crippen LogP contribution in [0.4, 0.5) is 17.1 Å². The molecule has 15 rings (SSSR count). The largest absolute Gasteiger partial charge is 0.311 e. The van der Waals surface area contributed by atoms with E-state index in [1.807, 2.05) is 0 Å². The molecule has 0 amide bonds. The minimum atomic E-state index is 0.0971. The molecule has 1 aliphatic heterocycles. The van der Waals surface area contributed by atoms with Crippen molar-refractivity contribution in [2.24, 2.45) is 47.3 Å². The van der Waals surface area contributed by atoms with E-state index >= 15 is 0 Å². The Morgan fingerprint density at radius 3 is 1.51 bits per heavy atom. The topological polar surface area (TPSA) is 6.48 Å². The Morgan fingerprint density at radius 1 is 0.424 bits per heavy atom. The van der Waals surface area contributed by atoms with Gasteiger partial charge in [-0.2, -0.15) is 0 Å². The van der Waals surface area contributed by atoms with Crippen molar-refractivity contribution < 1.29 is 0 Å². The van der Waals surface area contributed by atoms with Gasteiger partial charge in [-0.05, 0) is 244 Å². The van der Waals surface area contributed by atoms with E-state index < -0.39 is 0 Å². The Kier molecular flexibility index (Phi) is 17.0. The lowest BCUT2D eigenvalue weighted by atomic mass is 9.57. The summed E-state index contributed by atoms with van der Waals surface area (Å²) in [6.07, 6.45) is 33.3. The Morgan fingerprint density at radius 2 is 0.935 bits per heavy atom. The molecule has 5 fully saturated rings. The predicted molar refractivity (Wildman–Crippen MR) is 390 cm³/mol. The van der Waals surface area contributed by atoms with Crippen molar-refractivity contribution in [1.82, 2.24) is 4.90 Å². The first-order valence-electron chi connectivity index (χ1n) is 35.9. The normalized spacial score (nSPS) is 27.5. The van der Waals surface area contributed by atoms with E-state index in [0.29, 0.717) is 47.7 Å². The van der Waals surface area contributed by atoms with Gasteiger partial charge in [0.1, 0.15) is 0 Å². The molecule has 468 valence electrons. The summed E-state index contributed by atoms with van der Waals surface area (Å²) in [7, 11) is 0. The van der Waals surface area contributed by atoms with E-state index in [2.05, 4.69) is 300 Å². The van der Waals surface area contributed by atoms with E-state index in [0.717, 1.165) is 36.0 Å². The van der Waals surface area contributed by atoms with Gasteiger partial charge in [0.25, 0.3) is 0 Å². The number of allylic oxidation sites excluding steroid dienone is 6. The monoisotopic (exact) mass is 1210 g/mol. The van der Waals surface area contributed by atoms with Crippen LogP contribution in [-0.4, -0.2) is 23.0 Å². The van der Waals surface area contributed by atoms with Crippen molar-refractivity contribution in [3.05, 3.63) is 282 Å². The Hall–Kier alpha value is -7.52. The summed E-state index contributed by atoms with van der Waals surface area (Å²) in [5.74, 6) is 7.04. The van der Waals surface area contributed by atoms with Crippen molar-refractivity contribution in [3.8, 4) is 22.3 Å². The summed E-state index contributed by atoms with van der Waals surface area (Å²) in [6.45, 7) is 13.8. The molecule has 8 aromatic carbocycles. The van der Waals surface area contributed by atoms with Crippen LogP contribution in [0.2, 0.25) is 0 Å². The molecule has 2 nitrogen and oxygen atoms in total. The third-order valence-electron chi connectivity index (χ3n) is 24.1. The molecule has 1 saturated heterocycles. The summed E-state index contributed by atoms with van der Waals surface area (Å²) in [6, 6.07) is 82.4. The average Bonchev–Trinajstić information content (AvgIpc) is 1.60. The first-order valence-corrected chi connectivity index (χ1v) is 35.9. The van der Waals surface area contributed by atoms with Gasteiger partial charge in [-0.15, -0.1) is 0 Å². The van der Waals surface area contributed by atoms with Gasteiger partial charge < -0.3 is 4.90 Å². The standard InChI is InChI=1S/C90H98N2/c1-89(2,3)74-43-51-77(52-44-74)91(78-53-45-75(46-54-78)90(4,5)6)76-47-37-66(38-48-76)65-33-35-71(36-34-65)88(70-21-14-9-15-22-70)83-56-55-80(81-23-16-24-82(81)83)69-39-49-79(50-40-69)92-86-57-41-72(67-29-25-63(26-30-67)61-17-10-7-11-18-61)59-84(86)85-60-73(42-58-87(85)92)68-31-27-64(28-32-68)62-19-12-8-13-20-62/h7-15,17-22,25-35,37-38,41,43-48,51-54,57,59,69,71,73,79-88H,16,23-24,36,39-40,42,49-50,55-56,58,60H2,1-6H3. The number of anilines is 3. The van der Waals surface area contributed by atoms with E-state index in [-0.39, 0.29) is 10.8 Å². The zero-order valence-corrected chi connectivity index (χ0v) is 55.8. The molecule has 2 heteroatoms. The van der Waals surface area contributed by atoms with Gasteiger partial charge in [0.05, 0.1) is 0 Å². The maximum atomic E-state index is 3.16. The van der Waals surface area contributed by atoms with Crippen LogP contribution in [0.15, 0.2) is 249 Å². The van der Waals surface area contributed by atoms with E-state index in [1.165, 1.54) is 150 Å². The molecule has 1 heterocycles. The minimum Gasteiger partial charge on any atom is -0.311 e. The highest BCUT2D eigenvalue weighted by molar-refractivity contribution is 5.81. The second-order valence-corrected chi connectivity index (χ2v) is 31.2. The lowest BCUT2D eigenvalue weighted by Gasteiger charge is -2.50. The maximum absolute atomic E-state index is 3.16. The van der Waals surface area contributed by atoms with Crippen LogP contribution in [0.3, 0.4) is 0 Å². The van der Waals surface area contributed by atoms with Crippen LogP contribution in [0.5, 0.6) is 0 Å². The molecule has 0 radical (unpaired) electrons. The highest BCUT2D eigenvalue weighted by Gasteiger charge is 2.54. The zero-order valence-electron chi connectivity index (χ0n) is 55.8. The smallest absolute Gasteiger partial charge is 0.0462 e. The summed E-state index contributed by atoms with van der Waals surface area (Å²) < 4.78 is 0. The van der Waals surface area contributed by atoms with Gasteiger partial charge >= 0.3 is 0 Å². The number of likely N-dealkylation sites (tertiary alicyclic amines) is 1. The number of rotatable bonds is 13. The van der Waals surface area contributed by atoms with Crippen molar-refractivity contribution in [2.45, 2.75) is 166 Å². The average molecular weight is 1210 g/mol. The summed E-state index contributed by atoms with van der Waals surface area (Å²) in [4.78, 5) is 5.58. The fraction of sp³-hybridized carbons (Fsp3) is 0.378. The SMILES string of the molecule is CC(C)(C)c1ccc(N(c2ccc(C3=CCC(C(c4ccccc4)C4CCC(C5CCC(N6C7C=CC(c8ccc(-c9ccccc9)cc8)=CC7C7CC(c8ccc(-c9ccccc9)cc8)CCC76)CC5)C5CCCC54)C=C3)cc2)c2ccc(C(C)(C)C)cc2)cc1. The van der Waals surface area contributed by atoms with Crippen molar-refractivity contribution >= 4 is 28.2 Å². The molecular weight excluding hydrogens is 1110 g/mol. The van der Waals surface area contributed by atoms with E-state index in [1.54, 1.807) is 11.1 Å². The first kappa shape index (κ1) is 60.7. The fourth-order valence-electron chi connectivity index (χ4n) is 19.5. The number of benzene rings is 8. The van der Waals surface area contributed by atoms with Crippen molar-refractivity contribution in [3.63, 3.8) is 0 Å².